The zero-order chi connectivity index (χ0) is 12.4. The molecule has 0 amide bonds. The van der Waals surface area contributed by atoms with Crippen molar-refractivity contribution in [2.75, 3.05) is 26.9 Å². The number of nitrogens with two attached hydrogens (primary N) is 1. The summed E-state index contributed by atoms with van der Waals surface area (Å²) in [5, 5.41) is 0. The van der Waals surface area contributed by atoms with Crippen LogP contribution in [0.4, 0.5) is 0 Å². The molecule has 0 aromatic carbocycles. The molecule has 0 saturated carbocycles. The molecule has 4 nitrogen and oxygen atoms in total. The van der Waals surface area contributed by atoms with Crippen LogP contribution in [0.1, 0.15) is 39.5 Å². The zero-order valence-electron chi connectivity index (χ0n) is 10.8. The molecule has 0 rings (SSSR count). The van der Waals surface area contributed by atoms with Crippen LogP contribution in [-0.4, -0.2) is 32.8 Å². The predicted molar refractivity (Wildman–Crippen MR) is 64.1 cm³/mol. The lowest BCUT2D eigenvalue weighted by molar-refractivity contribution is -0.156. The standard InChI is InChI=1S/C12H25NO3/c1-4-7-12(10-13,8-6-9-15-3)11(14)16-5-2/h4-10,13H2,1-3H3. The molecule has 96 valence electrons. The minimum absolute atomic E-state index is 0.157. The van der Waals surface area contributed by atoms with Crippen molar-refractivity contribution in [3.05, 3.63) is 0 Å². The highest BCUT2D eigenvalue weighted by Crippen LogP contribution is 2.30. The SMILES string of the molecule is CCCC(CN)(CCCOC)C(=O)OCC. The third-order valence-corrected chi connectivity index (χ3v) is 2.83. The van der Waals surface area contributed by atoms with E-state index in [-0.39, 0.29) is 5.97 Å². The molecule has 0 saturated heterocycles. The van der Waals surface area contributed by atoms with Gasteiger partial charge in [0.05, 0.1) is 12.0 Å². The normalized spacial score (nSPS) is 14.5. The van der Waals surface area contributed by atoms with Crippen LogP contribution in [0.5, 0.6) is 0 Å². The topological polar surface area (TPSA) is 61.5 Å². The van der Waals surface area contributed by atoms with Crippen LogP contribution in [0.25, 0.3) is 0 Å². The van der Waals surface area contributed by atoms with E-state index in [0.29, 0.717) is 19.8 Å². The number of esters is 1. The van der Waals surface area contributed by atoms with Crippen LogP contribution in [-0.2, 0) is 14.3 Å². The summed E-state index contributed by atoms with van der Waals surface area (Å²) in [5.41, 5.74) is 5.25. The zero-order valence-corrected chi connectivity index (χ0v) is 10.8. The number of carbonyl (C=O) groups excluding carboxylic acids is 1. The molecule has 16 heavy (non-hydrogen) atoms. The highest BCUT2D eigenvalue weighted by Gasteiger charge is 2.37. The van der Waals surface area contributed by atoms with E-state index in [2.05, 4.69) is 6.92 Å². The summed E-state index contributed by atoms with van der Waals surface area (Å²) in [6.45, 7) is 5.29. The first kappa shape index (κ1) is 15.4. The van der Waals surface area contributed by atoms with Gasteiger partial charge >= 0.3 is 5.97 Å². The second-order valence-corrected chi connectivity index (χ2v) is 4.05. The molecule has 1 unspecified atom stereocenters. The Labute approximate surface area is 98.5 Å². The van der Waals surface area contributed by atoms with Crippen molar-refractivity contribution in [1.82, 2.24) is 0 Å². The molecule has 4 heteroatoms. The average Bonchev–Trinajstić information content (AvgIpc) is 2.28. The Hall–Kier alpha value is -0.610. The molecule has 0 aliphatic carbocycles. The first-order valence-electron chi connectivity index (χ1n) is 6.03. The molecule has 2 N–H and O–H groups in total. The minimum atomic E-state index is -0.511. The maximum Gasteiger partial charge on any atom is 0.313 e. The van der Waals surface area contributed by atoms with Crippen molar-refractivity contribution < 1.29 is 14.3 Å². The second kappa shape index (κ2) is 8.53. The Morgan fingerprint density at radius 2 is 2.00 bits per heavy atom. The summed E-state index contributed by atoms with van der Waals surface area (Å²) in [4.78, 5) is 11.9. The van der Waals surface area contributed by atoms with E-state index in [9.17, 15) is 4.79 Å². The Kier molecular flexibility index (Phi) is 8.21. The molecule has 0 aromatic heterocycles. The van der Waals surface area contributed by atoms with Gasteiger partial charge in [0.25, 0.3) is 0 Å². The Balaban J connectivity index is 4.49. The van der Waals surface area contributed by atoms with Gasteiger partial charge < -0.3 is 15.2 Å². The van der Waals surface area contributed by atoms with Crippen LogP contribution in [0.3, 0.4) is 0 Å². The number of carbonyl (C=O) groups is 1. The quantitative estimate of drug-likeness (QED) is 0.485. The fourth-order valence-electron chi connectivity index (χ4n) is 1.93. The maximum atomic E-state index is 11.9. The van der Waals surface area contributed by atoms with Crippen LogP contribution < -0.4 is 5.73 Å². The lowest BCUT2D eigenvalue weighted by Gasteiger charge is -2.29. The molecule has 0 radical (unpaired) electrons. The molecular formula is C12H25NO3. The summed E-state index contributed by atoms with van der Waals surface area (Å²) in [6, 6.07) is 0. The van der Waals surface area contributed by atoms with Crippen molar-refractivity contribution in [2.45, 2.75) is 39.5 Å². The molecule has 1 atom stereocenters. The molecule has 0 heterocycles. The van der Waals surface area contributed by atoms with E-state index in [0.717, 1.165) is 25.7 Å². The lowest BCUT2D eigenvalue weighted by atomic mass is 9.79. The monoisotopic (exact) mass is 231 g/mol. The van der Waals surface area contributed by atoms with Crippen LogP contribution in [0.15, 0.2) is 0 Å². The van der Waals surface area contributed by atoms with Gasteiger partial charge in [0, 0.05) is 20.3 Å². The minimum Gasteiger partial charge on any atom is -0.466 e. The van der Waals surface area contributed by atoms with Crippen LogP contribution in [0, 0.1) is 5.41 Å². The molecule has 0 aliphatic rings. The van der Waals surface area contributed by atoms with Gasteiger partial charge in [0.2, 0.25) is 0 Å². The van der Waals surface area contributed by atoms with Gasteiger partial charge in [-0.05, 0) is 26.2 Å². The Morgan fingerprint density at radius 1 is 1.31 bits per heavy atom. The van der Waals surface area contributed by atoms with Gasteiger partial charge in [-0.25, -0.2) is 0 Å². The van der Waals surface area contributed by atoms with Gasteiger partial charge in [0.15, 0.2) is 0 Å². The van der Waals surface area contributed by atoms with E-state index >= 15 is 0 Å². The molecule has 0 bridgehead atoms. The lowest BCUT2D eigenvalue weighted by Crippen LogP contribution is -2.40. The van der Waals surface area contributed by atoms with Crippen molar-refractivity contribution in [3.63, 3.8) is 0 Å². The van der Waals surface area contributed by atoms with E-state index < -0.39 is 5.41 Å². The smallest absolute Gasteiger partial charge is 0.313 e. The van der Waals surface area contributed by atoms with E-state index in [1.165, 1.54) is 0 Å². The van der Waals surface area contributed by atoms with Gasteiger partial charge in [-0.15, -0.1) is 0 Å². The van der Waals surface area contributed by atoms with Gasteiger partial charge in [-0.2, -0.15) is 0 Å². The summed E-state index contributed by atoms with van der Waals surface area (Å²) < 4.78 is 10.1. The van der Waals surface area contributed by atoms with Gasteiger partial charge in [0.1, 0.15) is 0 Å². The third-order valence-electron chi connectivity index (χ3n) is 2.83. The van der Waals surface area contributed by atoms with Crippen LogP contribution >= 0.6 is 0 Å². The predicted octanol–water partition coefficient (Wildman–Crippen LogP) is 1.72. The maximum absolute atomic E-state index is 11.9. The molecular weight excluding hydrogens is 206 g/mol. The van der Waals surface area contributed by atoms with E-state index in [1.807, 2.05) is 6.92 Å². The summed E-state index contributed by atoms with van der Waals surface area (Å²) in [7, 11) is 1.66. The molecule has 0 aliphatic heterocycles. The highest BCUT2D eigenvalue weighted by atomic mass is 16.5. The average molecular weight is 231 g/mol. The largest absolute Gasteiger partial charge is 0.466 e. The fraction of sp³-hybridized carbons (Fsp3) is 0.917. The number of hydrogen-bond donors (Lipinski definition) is 1. The van der Waals surface area contributed by atoms with Crippen molar-refractivity contribution >= 4 is 5.97 Å². The van der Waals surface area contributed by atoms with Crippen molar-refractivity contribution in [1.29, 1.82) is 0 Å². The molecule has 0 aromatic rings. The fourth-order valence-corrected chi connectivity index (χ4v) is 1.93. The highest BCUT2D eigenvalue weighted by molar-refractivity contribution is 5.77. The first-order valence-corrected chi connectivity index (χ1v) is 6.03. The molecule has 0 fully saturated rings. The first-order chi connectivity index (χ1) is 7.66. The van der Waals surface area contributed by atoms with Gasteiger partial charge in [-0.1, -0.05) is 13.3 Å². The number of hydrogen-bond acceptors (Lipinski definition) is 4. The number of methoxy groups -OCH3 is 1. The summed E-state index contributed by atoms with van der Waals surface area (Å²) >= 11 is 0. The van der Waals surface area contributed by atoms with E-state index in [1.54, 1.807) is 7.11 Å². The third kappa shape index (κ3) is 4.49. The summed E-state index contributed by atoms with van der Waals surface area (Å²) in [6.07, 6.45) is 3.30. The van der Waals surface area contributed by atoms with Gasteiger partial charge in [-0.3, -0.25) is 4.79 Å². The van der Waals surface area contributed by atoms with Crippen LogP contribution in [0.2, 0.25) is 0 Å². The number of ether oxygens (including phenoxy) is 2. The Morgan fingerprint density at radius 3 is 2.44 bits per heavy atom. The Bertz CT molecular complexity index is 197. The van der Waals surface area contributed by atoms with Crippen molar-refractivity contribution in [2.24, 2.45) is 11.1 Å². The number of rotatable bonds is 9. The van der Waals surface area contributed by atoms with Crippen molar-refractivity contribution in [3.8, 4) is 0 Å². The summed E-state index contributed by atoms with van der Waals surface area (Å²) in [5.74, 6) is -0.157. The second-order valence-electron chi connectivity index (χ2n) is 4.05. The van der Waals surface area contributed by atoms with E-state index in [4.69, 9.17) is 15.2 Å². The molecule has 0 spiro atoms.